The molecular formula is C9H12O. The number of hydrogen-bond acceptors (Lipinski definition) is 1. The summed E-state index contributed by atoms with van der Waals surface area (Å²) in [5.74, 6) is 2.19. The quantitative estimate of drug-likeness (QED) is 0.529. The van der Waals surface area contributed by atoms with Gasteiger partial charge in [-0.1, -0.05) is 13.0 Å². The minimum atomic E-state index is 0.287. The zero-order valence-electron chi connectivity index (χ0n) is 6.05. The summed E-state index contributed by atoms with van der Waals surface area (Å²) in [5, 5.41) is 0. The van der Waals surface area contributed by atoms with Crippen molar-refractivity contribution in [2.24, 2.45) is 17.8 Å². The predicted octanol–water partition coefficient (Wildman–Crippen LogP) is 1.79. The van der Waals surface area contributed by atoms with Crippen LogP contribution in [0.2, 0.25) is 0 Å². The lowest BCUT2D eigenvalue weighted by Gasteiger charge is -1.95. The fourth-order valence-electron chi connectivity index (χ4n) is 2.38. The maximum absolute atomic E-state index is 11.1. The van der Waals surface area contributed by atoms with Gasteiger partial charge in [-0.05, 0) is 30.8 Å². The molecule has 0 radical (unpaired) electrons. The van der Waals surface area contributed by atoms with Crippen molar-refractivity contribution in [2.45, 2.75) is 19.3 Å². The van der Waals surface area contributed by atoms with Crippen molar-refractivity contribution in [3.05, 3.63) is 12.7 Å². The van der Waals surface area contributed by atoms with E-state index in [4.69, 9.17) is 0 Å². The number of fused-ring (bicyclic) bond motifs is 1. The van der Waals surface area contributed by atoms with Gasteiger partial charge in [0.2, 0.25) is 0 Å². The molecule has 1 heteroatoms. The predicted molar refractivity (Wildman–Crippen MR) is 39.5 cm³/mol. The van der Waals surface area contributed by atoms with Crippen molar-refractivity contribution < 1.29 is 4.79 Å². The second kappa shape index (κ2) is 1.94. The van der Waals surface area contributed by atoms with Gasteiger partial charge in [-0.25, -0.2) is 0 Å². The first-order chi connectivity index (χ1) is 4.84. The molecule has 2 atom stereocenters. The number of ketones is 1. The highest BCUT2D eigenvalue weighted by Gasteiger charge is 2.55. The minimum absolute atomic E-state index is 0.287. The van der Waals surface area contributed by atoms with Crippen LogP contribution in [-0.2, 0) is 4.79 Å². The highest BCUT2D eigenvalue weighted by molar-refractivity contribution is 5.93. The Kier molecular flexibility index (Phi) is 1.19. The molecule has 2 saturated carbocycles. The second-order valence-corrected chi connectivity index (χ2v) is 3.39. The Balaban J connectivity index is 2.00. The SMILES string of the molecule is C=CC(=O)C1C2CCCC21. The summed E-state index contributed by atoms with van der Waals surface area (Å²) in [6, 6.07) is 0. The number of carbonyl (C=O) groups excluding carboxylic acids is 1. The van der Waals surface area contributed by atoms with Gasteiger partial charge in [0.25, 0.3) is 0 Å². The van der Waals surface area contributed by atoms with Gasteiger partial charge in [0.15, 0.2) is 5.78 Å². The number of hydrogen-bond donors (Lipinski definition) is 0. The monoisotopic (exact) mass is 136 g/mol. The van der Waals surface area contributed by atoms with Gasteiger partial charge in [-0.3, -0.25) is 4.79 Å². The lowest BCUT2D eigenvalue weighted by Crippen LogP contribution is -2.00. The van der Waals surface area contributed by atoms with Crippen molar-refractivity contribution in [1.29, 1.82) is 0 Å². The first-order valence-corrected chi connectivity index (χ1v) is 4.01. The van der Waals surface area contributed by atoms with Crippen LogP contribution in [0.3, 0.4) is 0 Å². The molecule has 0 spiro atoms. The van der Waals surface area contributed by atoms with Gasteiger partial charge in [0, 0.05) is 5.92 Å². The van der Waals surface area contributed by atoms with Gasteiger partial charge >= 0.3 is 0 Å². The van der Waals surface area contributed by atoms with Crippen molar-refractivity contribution in [3.8, 4) is 0 Å². The van der Waals surface area contributed by atoms with Crippen molar-refractivity contribution in [3.63, 3.8) is 0 Å². The first kappa shape index (κ1) is 6.14. The summed E-state index contributed by atoms with van der Waals surface area (Å²) < 4.78 is 0. The Morgan fingerprint density at radius 1 is 1.40 bits per heavy atom. The standard InChI is InChI=1S/C9H12O/c1-2-8(10)9-6-4-3-5-7(6)9/h2,6-7,9H,1,3-5H2. The molecule has 0 aromatic rings. The van der Waals surface area contributed by atoms with Crippen LogP contribution in [0.4, 0.5) is 0 Å². The third-order valence-corrected chi connectivity index (χ3v) is 2.94. The Bertz CT molecular complexity index is 173. The third-order valence-electron chi connectivity index (χ3n) is 2.94. The smallest absolute Gasteiger partial charge is 0.158 e. The van der Waals surface area contributed by atoms with E-state index in [1.165, 1.54) is 25.3 Å². The summed E-state index contributed by atoms with van der Waals surface area (Å²) in [7, 11) is 0. The third kappa shape index (κ3) is 0.664. The van der Waals surface area contributed by atoms with Crippen LogP contribution in [0.15, 0.2) is 12.7 Å². The van der Waals surface area contributed by atoms with Crippen LogP contribution in [0, 0.1) is 17.8 Å². The first-order valence-electron chi connectivity index (χ1n) is 4.01. The molecule has 0 amide bonds. The molecule has 0 saturated heterocycles. The van der Waals surface area contributed by atoms with Crippen LogP contribution in [-0.4, -0.2) is 5.78 Å². The number of rotatable bonds is 2. The average molecular weight is 136 g/mol. The molecule has 2 aliphatic rings. The van der Waals surface area contributed by atoms with Crippen LogP contribution < -0.4 is 0 Å². The fraction of sp³-hybridized carbons (Fsp3) is 0.667. The summed E-state index contributed by atoms with van der Waals surface area (Å²) >= 11 is 0. The average Bonchev–Trinajstić information content (AvgIpc) is 2.43. The molecule has 2 rings (SSSR count). The molecular weight excluding hydrogens is 124 g/mol. The van der Waals surface area contributed by atoms with Crippen molar-refractivity contribution in [1.82, 2.24) is 0 Å². The fourth-order valence-corrected chi connectivity index (χ4v) is 2.38. The molecule has 2 unspecified atom stereocenters. The molecule has 0 bridgehead atoms. The van der Waals surface area contributed by atoms with E-state index in [1.807, 2.05) is 0 Å². The number of carbonyl (C=O) groups is 1. The van der Waals surface area contributed by atoms with E-state index >= 15 is 0 Å². The van der Waals surface area contributed by atoms with E-state index in [1.54, 1.807) is 0 Å². The van der Waals surface area contributed by atoms with Crippen molar-refractivity contribution >= 4 is 5.78 Å². The van der Waals surface area contributed by atoms with Gasteiger partial charge in [-0.15, -0.1) is 0 Å². The maximum Gasteiger partial charge on any atom is 0.158 e. The Labute approximate surface area is 61.1 Å². The Morgan fingerprint density at radius 3 is 2.50 bits per heavy atom. The molecule has 0 aliphatic heterocycles. The van der Waals surface area contributed by atoms with Crippen molar-refractivity contribution in [2.75, 3.05) is 0 Å². The van der Waals surface area contributed by atoms with Gasteiger partial charge in [-0.2, -0.15) is 0 Å². The Hall–Kier alpha value is -0.590. The second-order valence-electron chi connectivity index (χ2n) is 3.39. The normalized spacial score (nSPS) is 42.6. The van der Waals surface area contributed by atoms with Gasteiger partial charge < -0.3 is 0 Å². The van der Waals surface area contributed by atoms with Crippen LogP contribution in [0.5, 0.6) is 0 Å². The zero-order valence-corrected chi connectivity index (χ0v) is 6.05. The van der Waals surface area contributed by atoms with Gasteiger partial charge in [0.05, 0.1) is 0 Å². The van der Waals surface area contributed by atoms with E-state index in [0.717, 1.165) is 11.8 Å². The molecule has 0 aromatic carbocycles. The van der Waals surface area contributed by atoms with E-state index in [-0.39, 0.29) is 5.78 Å². The molecule has 0 N–H and O–H groups in total. The summed E-state index contributed by atoms with van der Waals surface area (Å²) in [4.78, 5) is 11.1. The molecule has 54 valence electrons. The lowest BCUT2D eigenvalue weighted by molar-refractivity contribution is -0.116. The summed E-state index contributed by atoms with van der Waals surface area (Å²) in [6.45, 7) is 3.50. The van der Waals surface area contributed by atoms with E-state index < -0.39 is 0 Å². The lowest BCUT2D eigenvalue weighted by atomic mass is 10.1. The topological polar surface area (TPSA) is 17.1 Å². The molecule has 2 fully saturated rings. The molecule has 0 heterocycles. The number of allylic oxidation sites excluding steroid dienone is 1. The van der Waals surface area contributed by atoms with Crippen LogP contribution >= 0.6 is 0 Å². The highest BCUT2D eigenvalue weighted by Crippen LogP contribution is 2.57. The Morgan fingerprint density at radius 2 is 2.00 bits per heavy atom. The highest BCUT2D eigenvalue weighted by atomic mass is 16.1. The summed E-state index contributed by atoms with van der Waals surface area (Å²) in [5.41, 5.74) is 0. The summed E-state index contributed by atoms with van der Waals surface area (Å²) in [6.07, 6.45) is 5.41. The largest absolute Gasteiger partial charge is 0.295 e. The molecule has 0 aromatic heterocycles. The van der Waals surface area contributed by atoms with Crippen LogP contribution in [0.25, 0.3) is 0 Å². The minimum Gasteiger partial charge on any atom is -0.295 e. The molecule has 10 heavy (non-hydrogen) atoms. The molecule has 2 aliphatic carbocycles. The maximum atomic E-state index is 11.1. The zero-order chi connectivity index (χ0) is 7.14. The van der Waals surface area contributed by atoms with Gasteiger partial charge in [0.1, 0.15) is 0 Å². The van der Waals surface area contributed by atoms with E-state index in [2.05, 4.69) is 6.58 Å². The van der Waals surface area contributed by atoms with E-state index in [0.29, 0.717) is 5.92 Å². The molecule has 1 nitrogen and oxygen atoms in total. The van der Waals surface area contributed by atoms with E-state index in [9.17, 15) is 4.79 Å². The van der Waals surface area contributed by atoms with Crippen LogP contribution in [0.1, 0.15) is 19.3 Å².